The van der Waals surface area contributed by atoms with Gasteiger partial charge in [0.1, 0.15) is 12.2 Å². The summed E-state index contributed by atoms with van der Waals surface area (Å²) in [6, 6.07) is 6.69. The molecule has 3 amide bonds. The number of amides is 3. The van der Waals surface area contributed by atoms with Gasteiger partial charge in [0.15, 0.2) is 6.23 Å². The Kier molecular flexibility index (Phi) is 6.45. The number of furan rings is 1. The fraction of sp³-hybridized carbons (Fsp3) is 0.500. The van der Waals surface area contributed by atoms with Gasteiger partial charge in [-0.1, -0.05) is 33.3 Å². The molecule has 2 heterocycles. The molecule has 2 aromatic rings. The van der Waals surface area contributed by atoms with E-state index < -0.39 is 30.3 Å². The lowest BCUT2D eigenvalue weighted by molar-refractivity contribution is -0.213. The topological polar surface area (TPSA) is 109 Å². The summed E-state index contributed by atoms with van der Waals surface area (Å²) in [5, 5.41) is 12.9. The Morgan fingerprint density at radius 1 is 1.27 bits per heavy atom. The zero-order chi connectivity index (χ0) is 21.9. The van der Waals surface area contributed by atoms with Crippen LogP contribution in [0.3, 0.4) is 0 Å². The molecule has 1 aliphatic rings. The molecule has 1 aromatic carbocycles. The van der Waals surface area contributed by atoms with Crippen molar-refractivity contribution in [1.82, 2.24) is 10.2 Å². The molecule has 2 atom stereocenters. The average Bonchev–Trinajstić information content (AvgIpc) is 3.19. The minimum Gasteiger partial charge on any atom is -0.480 e. The summed E-state index contributed by atoms with van der Waals surface area (Å²) in [4.78, 5) is 37.9. The van der Waals surface area contributed by atoms with Crippen molar-refractivity contribution in [3.63, 3.8) is 0 Å². The van der Waals surface area contributed by atoms with Crippen molar-refractivity contribution in [1.29, 1.82) is 0 Å². The van der Waals surface area contributed by atoms with E-state index in [0.717, 1.165) is 27.9 Å². The number of benzene rings is 1. The van der Waals surface area contributed by atoms with Crippen LogP contribution in [0.5, 0.6) is 0 Å². The first-order valence-electron chi connectivity index (χ1n) is 10.3. The van der Waals surface area contributed by atoms with E-state index >= 15 is 0 Å². The van der Waals surface area contributed by atoms with Gasteiger partial charge < -0.3 is 19.6 Å². The minimum atomic E-state index is -1.15. The number of carbonyl (C=O) groups excluding carboxylic acids is 2. The number of nitrogens with one attached hydrogen (secondary N) is 1. The summed E-state index contributed by atoms with van der Waals surface area (Å²) in [6.45, 7) is 5.13. The molecule has 0 aliphatic carbocycles. The maximum atomic E-state index is 13.0. The molecule has 1 aromatic heterocycles. The second kappa shape index (κ2) is 8.87. The maximum Gasteiger partial charge on any atom is 0.329 e. The van der Waals surface area contributed by atoms with Crippen LogP contribution in [0.1, 0.15) is 58.1 Å². The highest BCUT2D eigenvalue weighted by Crippen LogP contribution is 2.46. The monoisotopic (exact) mass is 416 g/mol. The van der Waals surface area contributed by atoms with Crippen LogP contribution in [0, 0.1) is 5.41 Å². The molecule has 3 rings (SSSR count). The minimum absolute atomic E-state index is 0.298. The Morgan fingerprint density at radius 2 is 2.00 bits per heavy atom. The standard InChI is InChI=1S/C22H28N2O6/c1-4-7-16(14-8-9-17-15(12-14)10-11-29-17)23-21(28)24-19(27)22(5-2,6-3)20(24)30-13-18(25)26/h8-12,16,20H,4-7,13H2,1-3H3,(H,23,28)(H,25,26)/t16-,20+/m1/s1. The van der Waals surface area contributed by atoms with Crippen LogP contribution in [-0.2, 0) is 14.3 Å². The number of rotatable bonds is 9. The number of nitrogens with zero attached hydrogens (tertiary/aromatic N) is 1. The fourth-order valence-corrected chi connectivity index (χ4v) is 4.15. The van der Waals surface area contributed by atoms with Crippen molar-refractivity contribution in [2.24, 2.45) is 5.41 Å². The molecule has 1 aliphatic heterocycles. The highest BCUT2D eigenvalue weighted by atomic mass is 16.5. The predicted molar refractivity (Wildman–Crippen MR) is 110 cm³/mol. The highest BCUT2D eigenvalue weighted by molar-refractivity contribution is 6.03. The van der Waals surface area contributed by atoms with Crippen molar-refractivity contribution >= 4 is 28.9 Å². The zero-order valence-corrected chi connectivity index (χ0v) is 17.5. The lowest BCUT2D eigenvalue weighted by Crippen LogP contribution is -2.72. The van der Waals surface area contributed by atoms with Crippen molar-refractivity contribution in [3.8, 4) is 0 Å². The quantitative estimate of drug-likeness (QED) is 0.597. The van der Waals surface area contributed by atoms with Gasteiger partial charge in [-0.15, -0.1) is 0 Å². The molecule has 0 spiro atoms. The molecule has 30 heavy (non-hydrogen) atoms. The molecular formula is C22H28N2O6. The second-order valence-corrected chi connectivity index (χ2v) is 7.60. The molecule has 0 unspecified atom stereocenters. The lowest BCUT2D eigenvalue weighted by atomic mass is 9.72. The highest BCUT2D eigenvalue weighted by Gasteiger charge is 2.62. The largest absolute Gasteiger partial charge is 0.480 e. The van der Waals surface area contributed by atoms with E-state index in [2.05, 4.69) is 5.32 Å². The molecule has 8 nitrogen and oxygen atoms in total. The number of hydrogen-bond donors (Lipinski definition) is 2. The number of fused-ring (bicyclic) bond motifs is 1. The number of carboxylic acids is 1. The van der Waals surface area contributed by atoms with E-state index in [9.17, 15) is 14.4 Å². The summed E-state index contributed by atoms with van der Waals surface area (Å²) >= 11 is 0. The summed E-state index contributed by atoms with van der Waals surface area (Å²) in [7, 11) is 0. The number of urea groups is 1. The van der Waals surface area contributed by atoms with Crippen LogP contribution in [0.15, 0.2) is 34.9 Å². The van der Waals surface area contributed by atoms with Gasteiger partial charge in [0.05, 0.1) is 17.7 Å². The van der Waals surface area contributed by atoms with Gasteiger partial charge in [0.2, 0.25) is 5.91 Å². The van der Waals surface area contributed by atoms with E-state index in [1.165, 1.54) is 0 Å². The predicted octanol–water partition coefficient (Wildman–Crippen LogP) is 4.06. The van der Waals surface area contributed by atoms with Gasteiger partial charge in [0, 0.05) is 5.39 Å². The SMILES string of the molecule is CCC[C@@H](NC(=O)N1C(=O)C(CC)(CC)[C@@H]1OCC(=O)O)c1ccc2occc2c1. The normalized spacial score (nSPS) is 18.8. The smallest absolute Gasteiger partial charge is 0.329 e. The number of carboxylic acid groups (broad SMARTS) is 1. The molecule has 1 saturated heterocycles. The van der Waals surface area contributed by atoms with Crippen molar-refractivity contribution < 1.29 is 28.6 Å². The van der Waals surface area contributed by atoms with Crippen LogP contribution in [0.4, 0.5) is 4.79 Å². The first kappa shape index (κ1) is 21.8. The zero-order valence-electron chi connectivity index (χ0n) is 17.5. The van der Waals surface area contributed by atoms with Gasteiger partial charge >= 0.3 is 12.0 Å². The number of ether oxygens (including phenoxy) is 1. The third kappa shape index (κ3) is 3.79. The van der Waals surface area contributed by atoms with Crippen LogP contribution in [-0.4, -0.2) is 40.7 Å². The van der Waals surface area contributed by atoms with Gasteiger partial charge in [0.25, 0.3) is 0 Å². The van der Waals surface area contributed by atoms with E-state index in [-0.39, 0.29) is 11.9 Å². The Bertz CT molecular complexity index is 933. The van der Waals surface area contributed by atoms with Gasteiger partial charge in [-0.05, 0) is 43.0 Å². The summed E-state index contributed by atoms with van der Waals surface area (Å²) in [5.41, 5.74) is 0.798. The van der Waals surface area contributed by atoms with Gasteiger partial charge in [-0.25, -0.2) is 14.5 Å². The van der Waals surface area contributed by atoms with Crippen LogP contribution >= 0.6 is 0 Å². The van der Waals surface area contributed by atoms with E-state index in [0.29, 0.717) is 19.3 Å². The number of aliphatic carboxylic acids is 1. The average molecular weight is 416 g/mol. The summed E-state index contributed by atoms with van der Waals surface area (Å²) < 4.78 is 10.8. The third-order valence-corrected chi connectivity index (χ3v) is 5.95. The molecule has 0 bridgehead atoms. The number of hydrogen-bond acceptors (Lipinski definition) is 5. The Labute approximate surface area is 175 Å². The second-order valence-electron chi connectivity index (χ2n) is 7.60. The van der Waals surface area contributed by atoms with Crippen LogP contribution in [0.2, 0.25) is 0 Å². The maximum absolute atomic E-state index is 13.0. The molecular weight excluding hydrogens is 388 g/mol. The Balaban J connectivity index is 1.81. The molecule has 8 heteroatoms. The first-order valence-corrected chi connectivity index (χ1v) is 10.3. The molecule has 2 N–H and O–H groups in total. The molecule has 0 radical (unpaired) electrons. The first-order chi connectivity index (χ1) is 14.4. The number of β-lactam (4-membered cyclic amide) rings is 1. The van der Waals surface area contributed by atoms with Crippen molar-refractivity contribution in [2.45, 2.75) is 58.7 Å². The van der Waals surface area contributed by atoms with E-state index in [1.807, 2.05) is 45.0 Å². The number of imide groups is 1. The third-order valence-electron chi connectivity index (χ3n) is 5.95. The molecule has 0 saturated carbocycles. The fourth-order valence-electron chi connectivity index (χ4n) is 4.15. The van der Waals surface area contributed by atoms with Crippen molar-refractivity contribution in [2.75, 3.05) is 6.61 Å². The van der Waals surface area contributed by atoms with E-state index in [1.54, 1.807) is 6.26 Å². The molecule has 1 fully saturated rings. The lowest BCUT2D eigenvalue weighted by Gasteiger charge is -2.53. The number of carbonyl (C=O) groups is 3. The number of likely N-dealkylation sites (tertiary alicyclic amines) is 1. The van der Waals surface area contributed by atoms with Gasteiger partial charge in [-0.3, -0.25) is 4.79 Å². The Morgan fingerprint density at radius 3 is 2.63 bits per heavy atom. The van der Waals surface area contributed by atoms with Crippen molar-refractivity contribution in [3.05, 3.63) is 36.1 Å². The van der Waals surface area contributed by atoms with Gasteiger partial charge in [-0.2, -0.15) is 0 Å². The van der Waals surface area contributed by atoms with Crippen LogP contribution in [0.25, 0.3) is 11.0 Å². The Hall–Kier alpha value is -2.87. The molecule has 162 valence electrons. The van der Waals surface area contributed by atoms with E-state index in [4.69, 9.17) is 14.3 Å². The summed E-state index contributed by atoms with van der Waals surface area (Å²) in [5.74, 6) is -1.48. The van der Waals surface area contributed by atoms with Crippen LogP contribution < -0.4 is 5.32 Å². The summed E-state index contributed by atoms with van der Waals surface area (Å²) in [6.07, 6.45) is 3.16.